The number of rotatable bonds is 2. The van der Waals surface area contributed by atoms with Gasteiger partial charge in [-0.2, -0.15) is 0 Å². The lowest BCUT2D eigenvalue weighted by Gasteiger charge is -2.07. The number of thiophene rings is 1. The third-order valence-corrected chi connectivity index (χ3v) is 5.79. The summed E-state index contributed by atoms with van der Waals surface area (Å²) in [4.78, 5) is -0.947. The molecule has 0 aromatic carbocycles. The van der Waals surface area contributed by atoms with Crippen molar-refractivity contribution < 1.29 is 8.42 Å². The Bertz CT molecular complexity index is 376. The van der Waals surface area contributed by atoms with Crippen molar-refractivity contribution in [3.63, 3.8) is 0 Å². The molecule has 0 unspecified atom stereocenters. The largest absolute Gasteiger partial charge is 0.312 e. The van der Waals surface area contributed by atoms with Gasteiger partial charge in [-0.1, -0.05) is 6.07 Å². The normalized spacial score (nSPS) is 20.8. The highest BCUT2D eigenvalue weighted by Crippen LogP contribution is 2.42. The van der Waals surface area contributed by atoms with E-state index >= 15 is 0 Å². The summed E-state index contributed by atoms with van der Waals surface area (Å²) >= 11 is 1.23. The average Bonchev–Trinajstić information content (AvgIpc) is 2.59. The van der Waals surface area contributed by atoms with E-state index in [-0.39, 0.29) is 0 Å². The summed E-state index contributed by atoms with van der Waals surface area (Å²) in [6.45, 7) is 0. The molecule has 2 N–H and O–H groups in total. The molecule has 1 heterocycles. The number of sulfone groups is 1. The highest BCUT2D eigenvalue weighted by molar-refractivity contribution is 7.95. The summed E-state index contributed by atoms with van der Waals surface area (Å²) in [5.74, 6) is 0. The molecule has 0 spiro atoms. The maximum atomic E-state index is 11.7. The van der Waals surface area contributed by atoms with Crippen LogP contribution in [0.3, 0.4) is 0 Å². The van der Waals surface area contributed by atoms with Gasteiger partial charge in [0.1, 0.15) is 9.08 Å². The zero-order valence-corrected chi connectivity index (χ0v) is 7.99. The van der Waals surface area contributed by atoms with Crippen LogP contribution in [0.2, 0.25) is 0 Å². The van der Waals surface area contributed by atoms with Gasteiger partial charge in [0, 0.05) is 0 Å². The van der Waals surface area contributed by atoms with Crippen LogP contribution >= 0.6 is 11.3 Å². The van der Waals surface area contributed by atoms with Crippen LogP contribution in [0.15, 0.2) is 21.7 Å². The van der Waals surface area contributed by atoms with Crippen LogP contribution in [0.25, 0.3) is 0 Å². The van der Waals surface area contributed by atoms with Crippen LogP contribution in [-0.4, -0.2) is 13.3 Å². The molecule has 0 amide bonds. The maximum absolute atomic E-state index is 11.7. The molecular formula is C7H9NO2S2. The van der Waals surface area contributed by atoms with Gasteiger partial charge in [-0.25, -0.2) is 8.42 Å². The first-order valence-corrected chi connectivity index (χ1v) is 6.00. The first-order valence-electron chi connectivity index (χ1n) is 3.63. The zero-order valence-electron chi connectivity index (χ0n) is 6.36. The van der Waals surface area contributed by atoms with Gasteiger partial charge in [0.2, 0.25) is 9.84 Å². The molecule has 1 fully saturated rings. The topological polar surface area (TPSA) is 60.2 Å². The van der Waals surface area contributed by atoms with Crippen molar-refractivity contribution in [3.8, 4) is 0 Å². The lowest BCUT2D eigenvalue weighted by molar-refractivity contribution is 0.581. The van der Waals surface area contributed by atoms with E-state index in [0.29, 0.717) is 17.1 Å². The van der Waals surface area contributed by atoms with Crippen LogP contribution in [0.5, 0.6) is 0 Å². The van der Waals surface area contributed by atoms with Gasteiger partial charge in [0.25, 0.3) is 0 Å². The Morgan fingerprint density at radius 1 is 1.50 bits per heavy atom. The Kier molecular flexibility index (Phi) is 1.58. The lowest BCUT2D eigenvalue weighted by Crippen LogP contribution is -2.32. The predicted molar refractivity (Wildman–Crippen MR) is 47.7 cm³/mol. The molecule has 0 atom stereocenters. The second kappa shape index (κ2) is 2.31. The Morgan fingerprint density at radius 3 is 2.58 bits per heavy atom. The van der Waals surface area contributed by atoms with Crippen molar-refractivity contribution in [3.05, 3.63) is 17.5 Å². The van der Waals surface area contributed by atoms with Crippen LogP contribution in [0, 0.1) is 0 Å². The number of hydrogen-bond donors (Lipinski definition) is 1. The second-order valence-electron chi connectivity index (χ2n) is 3.00. The van der Waals surface area contributed by atoms with Crippen LogP contribution in [-0.2, 0) is 9.84 Å². The van der Waals surface area contributed by atoms with Gasteiger partial charge in [-0.15, -0.1) is 11.3 Å². The third-order valence-electron chi connectivity index (χ3n) is 2.04. The molecule has 1 aliphatic rings. The van der Waals surface area contributed by atoms with Gasteiger partial charge in [-0.3, -0.25) is 0 Å². The van der Waals surface area contributed by atoms with E-state index in [9.17, 15) is 8.42 Å². The minimum absolute atomic E-state index is 0.391. The van der Waals surface area contributed by atoms with Crippen molar-refractivity contribution in [2.24, 2.45) is 5.73 Å². The molecule has 1 aliphatic carbocycles. The smallest absolute Gasteiger partial charge is 0.206 e. The second-order valence-corrected chi connectivity index (χ2v) is 6.47. The Morgan fingerprint density at radius 2 is 2.17 bits per heavy atom. The number of hydrogen-bond acceptors (Lipinski definition) is 4. The molecule has 0 bridgehead atoms. The fourth-order valence-corrected chi connectivity index (χ4v) is 3.93. The molecule has 1 saturated carbocycles. The molecule has 12 heavy (non-hydrogen) atoms. The Hall–Kier alpha value is -0.390. The van der Waals surface area contributed by atoms with Gasteiger partial charge in [0.15, 0.2) is 0 Å². The molecule has 0 saturated heterocycles. The third kappa shape index (κ3) is 1.01. The summed E-state index contributed by atoms with van der Waals surface area (Å²) in [6.07, 6.45) is 1.18. The monoisotopic (exact) mass is 203 g/mol. The molecule has 2 rings (SSSR count). The summed E-state index contributed by atoms with van der Waals surface area (Å²) < 4.78 is 23.7. The summed E-state index contributed by atoms with van der Waals surface area (Å²) in [5, 5.41) is 1.75. The quantitative estimate of drug-likeness (QED) is 0.779. The minimum atomic E-state index is -3.23. The average molecular weight is 203 g/mol. The van der Waals surface area contributed by atoms with Gasteiger partial charge >= 0.3 is 0 Å². The molecule has 5 heteroatoms. The molecule has 1 aromatic heterocycles. The fourth-order valence-electron chi connectivity index (χ4n) is 1.01. The van der Waals surface area contributed by atoms with Crippen LogP contribution < -0.4 is 5.73 Å². The molecule has 3 nitrogen and oxygen atoms in total. The summed E-state index contributed by atoms with van der Waals surface area (Å²) in [6, 6.07) is 3.33. The summed E-state index contributed by atoms with van der Waals surface area (Å²) in [5.41, 5.74) is 5.63. The van der Waals surface area contributed by atoms with Crippen molar-refractivity contribution in [2.45, 2.75) is 21.9 Å². The van der Waals surface area contributed by atoms with Gasteiger partial charge in [0.05, 0.1) is 0 Å². The van der Waals surface area contributed by atoms with Crippen LogP contribution in [0.1, 0.15) is 12.8 Å². The highest BCUT2D eigenvalue weighted by atomic mass is 32.2. The van der Waals surface area contributed by atoms with E-state index < -0.39 is 14.7 Å². The standard InChI is InChI=1S/C7H9NO2S2/c8-7(3-4-7)12(9,10)6-2-1-5-11-6/h1-2,5H,3-4,8H2. The molecular weight excluding hydrogens is 194 g/mol. The SMILES string of the molecule is NC1(S(=O)(=O)c2cccs2)CC1. The molecule has 66 valence electrons. The van der Waals surface area contributed by atoms with Gasteiger partial charge < -0.3 is 5.73 Å². The van der Waals surface area contributed by atoms with E-state index in [2.05, 4.69) is 0 Å². The minimum Gasteiger partial charge on any atom is -0.312 e. The van der Waals surface area contributed by atoms with E-state index in [0.717, 1.165) is 0 Å². The first kappa shape index (κ1) is 8.22. The number of nitrogens with two attached hydrogens (primary N) is 1. The van der Waals surface area contributed by atoms with Crippen LogP contribution in [0.4, 0.5) is 0 Å². The lowest BCUT2D eigenvalue weighted by atomic mass is 10.7. The van der Waals surface area contributed by atoms with Crippen molar-refractivity contribution in [2.75, 3.05) is 0 Å². The molecule has 0 radical (unpaired) electrons. The van der Waals surface area contributed by atoms with Crippen molar-refractivity contribution in [1.29, 1.82) is 0 Å². The highest BCUT2D eigenvalue weighted by Gasteiger charge is 2.52. The fraction of sp³-hybridized carbons (Fsp3) is 0.429. The van der Waals surface area contributed by atoms with Gasteiger partial charge in [-0.05, 0) is 24.3 Å². The molecule has 1 aromatic rings. The van der Waals surface area contributed by atoms with E-state index in [1.807, 2.05) is 0 Å². The predicted octanol–water partition coefficient (Wildman–Crippen LogP) is 0.971. The van der Waals surface area contributed by atoms with Crippen molar-refractivity contribution in [1.82, 2.24) is 0 Å². The molecule has 0 aliphatic heterocycles. The maximum Gasteiger partial charge on any atom is 0.206 e. The van der Waals surface area contributed by atoms with E-state index in [4.69, 9.17) is 5.73 Å². The van der Waals surface area contributed by atoms with E-state index in [1.54, 1.807) is 17.5 Å². The Labute approximate surface area is 75.1 Å². The van der Waals surface area contributed by atoms with E-state index in [1.165, 1.54) is 11.3 Å². The zero-order chi connectivity index (χ0) is 8.82. The summed E-state index contributed by atoms with van der Waals surface area (Å²) in [7, 11) is -3.23. The Balaban J connectivity index is 2.47. The first-order chi connectivity index (χ1) is 5.56. The van der Waals surface area contributed by atoms with Crippen molar-refractivity contribution >= 4 is 21.2 Å².